The second kappa shape index (κ2) is 8.02. The Labute approximate surface area is 145 Å². The molecule has 1 fully saturated rings. The lowest BCUT2D eigenvalue weighted by Crippen LogP contribution is -2.45. The highest BCUT2D eigenvalue weighted by Crippen LogP contribution is 2.41. The number of hydrogen-bond acceptors (Lipinski definition) is 2. The molecule has 0 spiro atoms. The van der Waals surface area contributed by atoms with Gasteiger partial charge < -0.3 is 5.32 Å². The van der Waals surface area contributed by atoms with Crippen LogP contribution >= 0.6 is 11.6 Å². The van der Waals surface area contributed by atoms with Crippen LogP contribution in [0.2, 0.25) is 5.02 Å². The van der Waals surface area contributed by atoms with Gasteiger partial charge in [-0.2, -0.15) is 13.2 Å². The quantitative estimate of drug-likeness (QED) is 0.747. The predicted octanol–water partition coefficient (Wildman–Crippen LogP) is 4.88. The molecule has 0 saturated carbocycles. The summed E-state index contributed by atoms with van der Waals surface area (Å²) in [6, 6.07) is 1.26. The van der Waals surface area contributed by atoms with Gasteiger partial charge in [0.1, 0.15) is 5.82 Å². The molecule has 1 N–H and O–H groups in total. The zero-order chi connectivity index (χ0) is 17.9. The van der Waals surface area contributed by atoms with Crippen LogP contribution in [0, 0.1) is 11.7 Å². The van der Waals surface area contributed by atoms with E-state index >= 15 is 0 Å². The Morgan fingerprint density at radius 2 is 1.79 bits per heavy atom. The lowest BCUT2D eigenvalue weighted by atomic mass is 9.91. The van der Waals surface area contributed by atoms with Gasteiger partial charge in [-0.05, 0) is 30.9 Å². The van der Waals surface area contributed by atoms with Crippen LogP contribution in [0.4, 0.5) is 17.6 Å². The molecule has 0 radical (unpaired) electrons. The van der Waals surface area contributed by atoms with Gasteiger partial charge in [-0.15, -0.1) is 0 Å². The van der Waals surface area contributed by atoms with Gasteiger partial charge in [0.15, 0.2) is 0 Å². The molecule has 2 nitrogen and oxygen atoms in total. The van der Waals surface area contributed by atoms with Crippen molar-refractivity contribution in [2.24, 2.45) is 5.92 Å². The Morgan fingerprint density at radius 1 is 1.17 bits per heavy atom. The van der Waals surface area contributed by atoms with Gasteiger partial charge in [0.05, 0.1) is 10.6 Å². The van der Waals surface area contributed by atoms with Crippen LogP contribution < -0.4 is 5.32 Å². The first-order valence-electron chi connectivity index (χ1n) is 8.21. The van der Waals surface area contributed by atoms with Crippen molar-refractivity contribution in [1.29, 1.82) is 0 Å². The predicted molar refractivity (Wildman–Crippen MR) is 87.7 cm³/mol. The SMILES string of the molecule is CC(C)CC[C@@H](c1c(C(F)(F)F)ccc(Cl)c1F)N1CCNCC1. The molecule has 1 heterocycles. The summed E-state index contributed by atoms with van der Waals surface area (Å²) in [6.07, 6.45) is -3.42. The molecule has 1 aromatic carbocycles. The molecule has 1 aromatic rings. The lowest BCUT2D eigenvalue weighted by molar-refractivity contribution is -0.139. The number of nitrogens with zero attached hydrogens (tertiary/aromatic N) is 1. The molecule has 1 atom stereocenters. The van der Waals surface area contributed by atoms with E-state index in [1.165, 1.54) is 0 Å². The highest BCUT2D eigenvalue weighted by atomic mass is 35.5. The summed E-state index contributed by atoms with van der Waals surface area (Å²) >= 11 is 5.81. The van der Waals surface area contributed by atoms with Gasteiger partial charge in [0, 0.05) is 37.8 Å². The molecule has 24 heavy (non-hydrogen) atoms. The molecule has 1 saturated heterocycles. The maximum absolute atomic E-state index is 14.6. The highest BCUT2D eigenvalue weighted by Gasteiger charge is 2.39. The molecule has 0 aromatic heterocycles. The van der Waals surface area contributed by atoms with Crippen LogP contribution in [0.5, 0.6) is 0 Å². The number of alkyl halides is 3. The molecule has 2 rings (SSSR count). The van der Waals surface area contributed by atoms with Gasteiger partial charge >= 0.3 is 6.18 Å². The maximum Gasteiger partial charge on any atom is 0.416 e. The third kappa shape index (κ3) is 4.61. The van der Waals surface area contributed by atoms with Crippen LogP contribution in [-0.4, -0.2) is 31.1 Å². The number of hydrogen-bond donors (Lipinski definition) is 1. The van der Waals surface area contributed by atoms with Crippen molar-refractivity contribution >= 4 is 11.6 Å². The summed E-state index contributed by atoms with van der Waals surface area (Å²) in [6.45, 7) is 6.56. The maximum atomic E-state index is 14.6. The second-order valence-electron chi connectivity index (χ2n) is 6.59. The molecule has 0 unspecified atom stereocenters. The fraction of sp³-hybridized carbons (Fsp3) is 0.647. The summed E-state index contributed by atoms with van der Waals surface area (Å²) in [4.78, 5) is 1.93. The molecule has 0 bridgehead atoms. The van der Waals surface area contributed by atoms with E-state index in [2.05, 4.69) is 5.32 Å². The minimum absolute atomic E-state index is 0.261. The Kier molecular flexibility index (Phi) is 6.51. The lowest BCUT2D eigenvalue weighted by Gasteiger charge is -2.37. The van der Waals surface area contributed by atoms with E-state index < -0.39 is 23.6 Å². The fourth-order valence-corrected chi connectivity index (χ4v) is 3.30. The summed E-state index contributed by atoms with van der Waals surface area (Å²) < 4.78 is 55.0. The molecule has 7 heteroatoms. The summed E-state index contributed by atoms with van der Waals surface area (Å²) in [5.74, 6) is -0.620. The first-order chi connectivity index (χ1) is 11.2. The zero-order valence-electron chi connectivity index (χ0n) is 13.9. The highest BCUT2D eigenvalue weighted by molar-refractivity contribution is 6.30. The van der Waals surface area contributed by atoms with Crippen LogP contribution in [0.15, 0.2) is 12.1 Å². The van der Waals surface area contributed by atoms with Crippen LogP contribution in [-0.2, 0) is 6.18 Å². The van der Waals surface area contributed by atoms with E-state index in [0.29, 0.717) is 38.5 Å². The van der Waals surface area contributed by atoms with E-state index in [9.17, 15) is 17.6 Å². The van der Waals surface area contributed by atoms with E-state index in [0.717, 1.165) is 18.6 Å². The summed E-state index contributed by atoms with van der Waals surface area (Å²) in [5, 5.41) is 2.91. The smallest absolute Gasteiger partial charge is 0.314 e. The number of nitrogens with one attached hydrogen (secondary N) is 1. The van der Waals surface area contributed by atoms with Crippen molar-refractivity contribution in [3.05, 3.63) is 34.1 Å². The van der Waals surface area contributed by atoms with Crippen molar-refractivity contribution in [2.75, 3.05) is 26.2 Å². The minimum Gasteiger partial charge on any atom is -0.314 e. The van der Waals surface area contributed by atoms with Crippen LogP contribution in [0.25, 0.3) is 0 Å². The monoisotopic (exact) mass is 366 g/mol. The van der Waals surface area contributed by atoms with Crippen molar-refractivity contribution in [3.8, 4) is 0 Å². The van der Waals surface area contributed by atoms with Crippen molar-refractivity contribution in [3.63, 3.8) is 0 Å². The molecule has 0 amide bonds. The topological polar surface area (TPSA) is 15.3 Å². The molecular formula is C17H23ClF4N2. The van der Waals surface area contributed by atoms with Crippen molar-refractivity contribution in [1.82, 2.24) is 10.2 Å². The molecule has 1 aliphatic heterocycles. The van der Waals surface area contributed by atoms with E-state index in [1.54, 1.807) is 0 Å². The zero-order valence-corrected chi connectivity index (χ0v) is 14.6. The third-order valence-electron chi connectivity index (χ3n) is 4.38. The van der Waals surface area contributed by atoms with Gasteiger partial charge in [0.25, 0.3) is 0 Å². The van der Waals surface area contributed by atoms with Gasteiger partial charge in [0.2, 0.25) is 0 Å². The molecule has 1 aliphatic rings. The van der Waals surface area contributed by atoms with Crippen LogP contribution in [0.3, 0.4) is 0 Å². The van der Waals surface area contributed by atoms with Crippen LogP contribution in [0.1, 0.15) is 43.9 Å². The minimum atomic E-state index is -4.61. The van der Waals surface area contributed by atoms with E-state index in [4.69, 9.17) is 11.6 Å². The Morgan fingerprint density at radius 3 is 2.33 bits per heavy atom. The number of benzene rings is 1. The van der Waals surface area contributed by atoms with E-state index in [-0.39, 0.29) is 10.6 Å². The summed E-state index contributed by atoms with van der Waals surface area (Å²) in [7, 11) is 0. The Bertz CT molecular complexity index is 554. The average molecular weight is 367 g/mol. The van der Waals surface area contributed by atoms with Gasteiger partial charge in [-0.25, -0.2) is 4.39 Å². The number of halogens is 5. The Balaban J connectivity index is 2.48. The second-order valence-corrected chi connectivity index (χ2v) is 7.00. The van der Waals surface area contributed by atoms with Gasteiger partial charge in [-0.1, -0.05) is 25.4 Å². The van der Waals surface area contributed by atoms with Crippen molar-refractivity contribution in [2.45, 2.75) is 38.9 Å². The summed E-state index contributed by atoms with van der Waals surface area (Å²) in [5.41, 5.74) is -1.23. The number of piperazine rings is 1. The molecule has 0 aliphatic carbocycles. The Hall–Kier alpha value is -0.850. The fourth-order valence-electron chi connectivity index (χ4n) is 3.13. The first-order valence-corrected chi connectivity index (χ1v) is 8.59. The third-order valence-corrected chi connectivity index (χ3v) is 4.67. The van der Waals surface area contributed by atoms with E-state index in [1.807, 2.05) is 18.7 Å². The van der Waals surface area contributed by atoms with Gasteiger partial charge in [-0.3, -0.25) is 4.90 Å². The van der Waals surface area contributed by atoms with Crippen molar-refractivity contribution < 1.29 is 17.6 Å². The first kappa shape index (κ1) is 19.5. The molecular weight excluding hydrogens is 344 g/mol. The largest absolute Gasteiger partial charge is 0.416 e. The number of rotatable bonds is 5. The standard InChI is InChI=1S/C17H23ClF4N2/c1-11(2)3-6-14(24-9-7-23-8-10-24)15-12(17(20,21)22)4-5-13(18)16(15)19/h4-5,11,14,23H,3,6-10H2,1-2H3/t14-/m0/s1. The molecule has 136 valence electrons. The average Bonchev–Trinajstić information content (AvgIpc) is 2.51. The normalized spacial score (nSPS) is 18.2.